The number of hydrogen-bond donors (Lipinski definition) is 1. The van der Waals surface area contributed by atoms with Crippen molar-refractivity contribution in [1.82, 2.24) is 9.78 Å². The SMILES string of the molecule is Cn1nc(C(=O)O)cc1-c1c(Cl)ccc2occc12. The molecule has 5 nitrogen and oxygen atoms in total. The fourth-order valence-electron chi connectivity index (χ4n) is 2.08. The van der Waals surface area contributed by atoms with Crippen molar-refractivity contribution >= 4 is 28.5 Å². The Morgan fingerprint density at radius 1 is 1.42 bits per heavy atom. The van der Waals surface area contributed by atoms with Gasteiger partial charge in [0.05, 0.1) is 17.0 Å². The molecule has 3 aromatic rings. The largest absolute Gasteiger partial charge is 0.476 e. The van der Waals surface area contributed by atoms with E-state index >= 15 is 0 Å². The van der Waals surface area contributed by atoms with Crippen molar-refractivity contribution in [2.75, 3.05) is 0 Å². The fraction of sp³-hybridized carbons (Fsp3) is 0.0769. The van der Waals surface area contributed by atoms with Crippen LogP contribution in [0.1, 0.15) is 10.5 Å². The third-order valence-corrected chi connectivity index (χ3v) is 3.25. The van der Waals surface area contributed by atoms with Crippen LogP contribution in [0.2, 0.25) is 5.02 Å². The van der Waals surface area contributed by atoms with Crippen LogP contribution in [0, 0.1) is 0 Å². The summed E-state index contributed by atoms with van der Waals surface area (Å²) < 4.78 is 6.82. The molecule has 3 rings (SSSR count). The highest BCUT2D eigenvalue weighted by atomic mass is 35.5. The second kappa shape index (κ2) is 4.13. The van der Waals surface area contributed by atoms with Crippen molar-refractivity contribution < 1.29 is 14.3 Å². The van der Waals surface area contributed by atoms with Crippen molar-refractivity contribution in [3.05, 3.63) is 41.2 Å². The molecule has 0 saturated carbocycles. The molecule has 0 saturated heterocycles. The first-order chi connectivity index (χ1) is 9.08. The van der Waals surface area contributed by atoms with Crippen LogP contribution in [0.25, 0.3) is 22.2 Å². The predicted molar refractivity (Wildman–Crippen MR) is 70.4 cm³/mol. The number of carboxylic acid groups (broad SMARTS) is 1. The smallest absolute Gasteiger partial charge is 0.356 e. The van der Waals surface area contributed by atoms with Crippen molar-refractivity contribution in [2.45, 2.75) is 0 Å². The van der Waals surface area contributed by atoms with Gasteiger partial charge >= 0.3 is 5.97 Å². The summed E-state index contributed by atoms with van der Waals surface area (Å²) in [5, 5.41) is 14.3. The van der Waals surface area contributed by atoms with E-state index in [0.29, 0.717) is 16.3 Å². The molecule has 0 fully saturated rings. The van der Waals surface area contributed by atoms with Crippen LogP contribution >= 0.6 is 11.6 Å². The summed E-state index contributed by atoms with van der Waals surface area (Å²) in [7, 11) is 1.68. The van der Waals surface area contributed by atoms with Crippen LogP contribution in [0.4, 0.5) is 0 Å². The van der Waals surface area contributed by atoms with Crippen LogP contribution in [-0.2, 0) is 7.05 Å². The maximum atomic E-state index is 11.0. The number of nitrogens with zero attached hydrogens (tertiary/aromatic N) is 2. The zero-order valence-electron chi connectivity index (χ0n) is 9.92. The molecule has 0 aliphatic rings. The maximum absolute atomic E-state index is 11.0. The Hall–Kier alpha value is -2.27. The van der Waals surface area contributed by atoms with Crippen molar-refractivity contribution in [2.24, 2.45) is 7.05 Å². The van der Waals surface area contributed by atoms with E-state index in [9.17, 15) is 4.79 Å². The maximum Gasteiger partial charge on any atom is 0.356 e. The summed E-state index contributed by atoms with van der Waals surface area (Å²) in [5.74, 6) is -1.07. The number of furan rings is 1. The van der Waals surface area contributed by atoms with E-state index in [-0.39, 0.29) is 5.69 Å². The van der Waals surface area contributed by atoms with E-state index in [0.717, 1.165) is 10.9 Å². The number of aromatic carboxylic acids is 1. The Morgan fingerprint density at radius 2 is 2.21 bits per heavy atom. The lowest BCUT2D eigenvalue weighted by atomic mass is 10.1. The third-order valence-electron chi connectivity index (χ3n) is 2.94. The molecule has 0 aliphatic heterocycles. The molecule has 6 heteroatoms. The van der Waals surface area contributed by atoms with E-state index in [1.807, 2.05) is 0 Å². The monoisotopic (exact) mass is 276 g/mol. The molecular weight excluding hydrogens is 268 g/mol. The van der Waals surface area contributed by atoms with Crippen LogP contribution in [0.15, 0.2) is 34.9 Å². The molecule has 1 N–H and O–H groups in total. The minimum atomic E-state index is -1.07. The molecule has 0 aliphatic carbocycles. The van der Waals surface area contributed by atoms with E-state index < -0.39 is 5.97 Å². The van der Waals surface area contributed by atoms with Gasteiger partial charge in [0.2, 0.25) is 0 Å². The van der Waals surface area contributed by atoms with Gasteiger partial charge in [0.15, 0.2) is 5.69 Å². The van der Waals surface area contributed by atoms with Gasteiger partial charge in [0.1, 0.15) is 5.58 Å². The van der Waals surface area contributed by atoms with Gasteiger partial charge in [-0.25, -0.2) is 4.79 Å². The van der Waals surface area contributed by atoms with Crippen molar-refractivity contribution in [3.63, 3.8) is 0 Å². The quantitative estimate of drug-likeness (QED) is 0.780. The number of halogens is 1. The zero-order valence-corrected chi connectivity index (χ0v) is 10.7. The normalized spacial score (nSPS) is 11.1. The Morgan fingerprint density at radius 3 is 2.89 bits per heavy atom. The van der Waals surface area contributed by atoms with Crippen LogP contribution < -0.4 is 0 Å². The van der Waals surface area contributed by atoms with Gasteiger partial charge in [-0.2, -0.15) is 5.10 Å². The van der Waals surface area contributed by atoms with E-state index in [4.69, 9.17) is 21.1 Å². The molecule has 0 radical (unpaired) electrons. The first kappa shape index (κ1) is 11.8. The summed E-state index contributed by atoms with van der Waals surface area (Å²) in [6, 6.07) is 6.78. The van der Waals surface area contributed by atoms with E-state index in [1.54, 1.807) is 31.5 Å². The van der Waals surface area contributed by atoms with E-state index in [1.165, 1.54) is 10.7 Å². The second-order valence-electron chi connectivity index (χ2n) is 4.10. The zero-order chi connectivity index (χ0) is 13.6. The van der Waals surface area contributed by atoms with Crippen LogP contribution in [0.5, 0.6) is 0 Å². The summed E-state index contributed by atoms with van der Waals surface area (Å²) in [6.45, 7) is 0. The molecule has 0 atom stereocenters. The predicted octanol–water partition coefficient (Wildman–Crippen LogP) is 3.18. The lowest BCUT2D eigenvalue weighted by molar-refractivity contribution is 0.0689. The minimum Gasteiger partial charge on any atom is -0.476 e. The van der Waals surface area contributed by atoms with E-state index in [2.05, 4.69) is 5.10 Å². The number of rotatable bonds is 2. The second-order valence-corrected chi connectivity index (χ2v) is 4.51. The van der Waals surface area contributed by atoms with Gasteiger partial charge in [-0.3, -0.25) is 4.68 Å². The molecule has 1 aromatic carbocycles. The number of carbonyl (C=O) groups is 1. The summed E-state index contributed by atoms with van der Waals surface area (Å²) >= 11 is 6.23. The summed E-state index contributed by atoms with van der Waals surface area (Å²) in [5.41, 5.74) is 2.02. The fourth-order valence-corrected chi connectivity index (χ4v) is 2.35. The van der Waals surface area contributed by atoms with Crippen molar-refractivity contribution in [3.8, 4) is 11.3 Å². The van der Waals surface area contributed by atoms with Gasteiger partial charge in [-0.05, 0) is 24.3 Å². The molecule has 0 spiro atoms. The minimum absolute atomic E-state index is 0.0194. The lowest BCUT2D eigenvalue weighted by Crippen LogP contribution is -1.99. The molecule has 0 unspecified atom stereocenters. The average molecular weight is 277 g/mol. The molecule has 19 heavy (non-hydrogen) atoms. The highest BCUT2D eigenvalue weighted by Crippen LogP contribution is 2.35. The third kappa shape index (κ3) is 1.79. The number of fused-ring (bicyclic) bond motifs is 1. The Bertz CT molecular complexity index is 788. The van der Waals surface area contributed by atoms with Gasteiger partial charge in [0.25, 0.3) is 0 Å². The standard InChI is InChI=1S/C13H9ClN2O3/c1-16-10(6-9(15-16)13(17)18)12-7-4-5-19-11(7)3-2-8(12)14/h2-6H,1H3,(H,17,18). The molecule has 0 bridgehead atoms. The van der Waals surface area contributed by atoms with Crippen molar-refractivity contribution in [1.29, 1.82) is 0 Å². The lowest BCUT2D eigenvalue weighted by Gasteiger charge is -2.05. The number of aryl methyl sites for hydroxylation is 1. The van der Waals surface area contributed by atoms with Gasteiger partial charge in [0, 0.05) is 18.0 Å². The highest BCUT2D eigenvalue weighted by Gasteiger charge is 2.17. The number of hydrogen-bond acceptors (Lipinski definition) is 3. The Labute approximate surface area is 113 Å². The summed E-state index contributed by atoms with van der Waals surface area (Å²) in [6.07, 6.45) is 1.57. The molecule has 2 heterocycles. The topological polar surface area (TPSA) is 68.3 Å². The van der Waals surface area contributed by atoms with Crippen LogP contribution in [0.3, 0.4) is 0 Å². The molecule has 96 valence electrons. The van der Waals surface area contributed by atoms with Gasteiger partial charge in [-0.1, -0.05) is 11.6 Å². The first-order valence-corrected chi connectivity index (χ1v) is 5.89. The number of benzene rings is 1. The first-order valence-electron chi connectivity index (χ1n) is 5.51. The Kier molecular flexibility index (Phi) is 2.57. The molecular formula is C13H9ClN2O3. The average Bonchev–Trinajstić information content (AvgIpc) is 2.96. The summed E-state index contributed by atoms with van der Waals surface area (Å²) in [4.78, 5) is 11.0. The molecule has 0 amide bonds. The van der Waals surface area contributed by atoms with Gasteiger partial charge < -0.3 is 9.52 Å². The Balaban J connectivity index is 2.32. The number of aromatic nitrogens is 2. The van der Waals surface area contributed by atoms with Gasteiger partial charge in [-0.15, -0.1) is 0 Å². The molecule has 2 aromatic heterocycles. The number of carboxylic acids is 1. The highest BCUT2D eigenvalue weighted by molar-refractivity contribution is 6.34. The van der Waals surface area contributed by atoms with Crippen LogP contribution in [-0.4, -0.2) is 20.9 Å².